The van der Waals surface area contributed by atoms with Crippen LogP contribution in [0.3, 0.4) is 0 Å². The van der Waals surface area contributed by atoms with Gasteiger partial charge in [-0.3, -0.25) is 10.1 Å². The predicted octanol–water partition coefficient (Wildman–Crippen LogP) is 1.32. The fraction of sp³-hybridized carbons (Fsp3) is 0. The van der Waals surface area contributed by atoms with E-state index in [1.165, 1.54) is 6.07 Å². The standard InChI is InChI=1S/C6H4ClNO3/c7-4-1-2-5(8(10)11)6(9)3-4/h1-3,9H/p-1. The lowest BCUT2D eigenvalue weighted by molar-refractivity contribution is -0.398. The van der Waals surface area contributed by atoms with Gasteiger partial charge in [0.2, 0.25) is 0 Å². The van der Waals surface area contributed by atoms with Crippen LogP contribution in [0.2, 0.25) is 5.02 Å². The summed E-state index contributed by atoms with van der Waals surface area (Å²) in [5, 5.41) is 21.1. The van der Waals surface area contributed by atoms with Gasteiger partial charge in [0.15, 0.2) is 0 Å². The molecule has 11 heavy (non-hydrogen) atoms. The Morgan fingerprint density at radius 2 is 2.09 bits per heavy atom. The van der Waals surface area contributed by atoms with Gasteiger partial charge in [-0.1, -0.05) is 11.6 Å². The second kappa shape index (κ2) is 2.75. The summed E-state index contributed by atoms with van der Waals surface area (Å²) in [6.07, 6.45) is 0. The highest BCUT2D eigenvalue weighted by molar-refractivity contribution is 6.30. The molecule has 5 heteroatoms. The Labute approximate surface area is 67.2 Å². The van der Waals surface area contributed by atoms with Gasteiger partial charge >= 0.3 is 0 Å². The Bertz CT molecular complexity index is 300. The molecule has 58 valence electrons. The first-order valence-corrected chi connectivity index (χ1v) is 3.10. The van der Waals surface area contributed by atoms with Crippen LogP contribution in [0, 0.1) is 10.1 Å². The molecule has 0 aliphatic carbocycles. The molecule has 0 saturated carbocycles. The highest BCUT2D eigenvalue weighted by Gasteiger charge is 2.04. The van der Waals surface area contributed by atoms with Crippen LogP contribution >= 0.6 is 11.6 Å². The van der Waals surface area contributed by atoms with Crippen molar-refractivity contribution in [3.05, 3.63) is 33.3 Å². The first-order valence-electron chi connectivity index (χ1n) is 2.72. The van der Waals surface area contributed by atoms with E-state index in [1.54, 1.807) is 0 Å². The van der Waals surface area contributed by atoms with Gasteiger partial charge in [-0.05, 0) is 17.9 Å². The zero-order valence-corrected chi connectivity index (χ0v) is 6.04. The molecular weight excluding hydrogens is 170 g/mol. The van der Waals surface area contributed by atoms with Gasteiger partial charge in [-0.2, -0.15) is 0 Å². The lowest BCUT2D eigenvalue weighted by atomic mass is 10.3. The molecule has 0 aromatic heterocycles. The van der Waals surface area contributed by atoms with Crippen molar-refractivity contribution in [1.82, 2.24) is 0 Å². The maximum Gasteiger partial charge on any atom is 0.261 e. The van der Waals surface area contributed by atoms with Crippen LogP contribution in [0.4, 0.5) is 5.69 Å². The molecule has 0 fully saturated rings. The highest BCUT2D eigenvalue weighted by Crippen LogP contribution is 2.25. The number of hydrogen-bond donors (Lipinski definition) is 0. The fourth-order valence-corrected chi connectivity index (χ4v) is 0.801. The van der Waals surface area contributed by atoms with Gasteiger partial charge in [-0.25, -0.2) is 0 Å². The van der Waals surface area contributed by atoms with Gasteiger partial charge in [0.1, 0.15) is 0 Å². The van der Waals surface area contributed by atoms with E-state index in [1.807, 2.05) is 0 Å². The zero-order chi connectivity index (χ0) is 8.43. The highest BCUT2D eigenvalue weighted by atomic mass is 35.5. The summed E-state index contributed by atoms with van der Waals surface area (Å²) >= 11 is 5.40. The van der Waals surface area contributed by atoms with Gasteiger partial charge in [-0.15, -0.1) is 0 Å². The number of rotatable bonds is 1. The van der Waals surface area contributed by atoms with E-state index < -0.39 is 16.4 Å². The van der Waals surface area contributed by atoms with Gasteiger partial charge in [0.05, 0.1) is 4.92 Å². The Morgan fingerprint density at radius 1 is 1.45 bits per heavy atom. The van der Waals surface area contributed by atoms with Crippen LogP contribution in [0.15, 0.2) is 18.2 Å². The number of benzene rings is 1. The zero-order valence-electron chi connectivity index (χ0n) is 5.28. The summed E-state index contributed by atoms with van der Waals surface area (Å²) < 4.78 is 0. The van der Waals surface area contributed by atoms with E-state index in [4.69, 9.17) is 11.6 Å². The maximum absolute atomic E-state index is 10.8. The van der Waals surface area contributed by atoms with Crippen molar-refractivity contribution in [3.63, 3.8) is 0 Å². The molecule has 0 aliphatic rings. The summed E-state index contributed by atoms with van der Waals surface area (Å²) in [4.78, 5) is 9.36. The van der Waals surface area contributed by atoms with Crippen molar-refractivity contribution >= 4 is 17.3 Å². The molecule has 0 spiro atoms. The van der Waals surface area contributed by atoms with Crippen LogP contribution < -0.4 is 5.11 Å². The smallest absolute Gasteiger partial charge is 0.261 e. The Balaban J connectivity index is 3.20. The molecular formula is C6H3ClNO3-. The minimum absolute atomic E-state index is 0.209. The molecule has 0 saturated heterocycles. The second-order valence-electron chi connectivity index (χ2n) is 1.87. The molecule has 0 bridgehead atoms. The number of halogens is 1. The van der Waals surface area contributed by atoms with Crippen LogP contribution in [0.5, 0.6) is 5.75 Å². The Kier molecular flexibility index (Phi) is 1.96. The lowest BCUT2D eigenvalue weighted by Gasteiger charge is -2.04. The van der Waals surface area contributed by atoms with Crippen molar-refractivity contribution in [2.24, 2.45) is 0 Å². The van der Waals surface area contributed by atoms with Gasteiger partial charge in [0, 0.05) is 11.1 Å². The molecule has 0 amide bonds. The minimum atomic E-state index is -0.737. The predicted molar refractivity (Wildman–Crippen MR) is 37.6 cm³/mol. The monoisotopic (exact) mass is 172 g/mol. The first kappa shape index (κ1) is 7.81. The van der Waals surface area contributed by atoms with Crippen LogP contribution in [-0.4, -0.2) is 4.92 Å². The lowest BCUT2D eigenvalue weighted by Crippen LogP contribution is -1.96. The van der Waals surface area contributed by atoms with Crippen molar-refractivity contribution < 1.29 is 10.0 Å². The normalized spacial score (nSPS) is 9.55. The van der Waals surface area contributed by atoms with E-state index in [9.17, 15) is 15.2 Å². The minimum Gasteiger partial charge on any atom is -0.868 e. The average molecular weight is 173 g/mol. The topological polar surface area (TPSA) is 66.2 Å². The summed E-state index contributed by atoms with van der Waals surface area (Å²) in [6.45, 7) is 0. The van der Waals surface area contributed by atoms with Crippen molar-refractivity contribution in [2.45, 2.75) is 0 Å². The SMILES string of the molecule is O=[N+]([O-])c1ccc(Cl)cc1[O-]. The molecule has 0 atom stereocenters. The molecule has 0 aliphatic heterocycles. The molecule has 1 rings (SSSR count). The quantitative estimate of drug-likeness (QED) is 0.474. The van der Waals surface area contributed by atoms with Gasteiger partial charge < -0.3 is 5.11 Å². The van der Waals surface area contributed by atoms with E-state index >= 15 is 0 Å². The third kappa shape index (κ3) is 1.59. The van der Waals surface area contributed by atoms with E-state index in [-0.39, 0.29) is 5.02 Å². The van der Waals surface area contributed by atoms with Gasteiger partial charge in [0.25, 0.3) is 5.69 Å². The van der Waals surface area contributed by atoms with E-state index in [2.05, 4.69) is 0 Å². The van der Waals surface area contributed by atoms with Crippen LogP contribution in [0.1, 0.15) is 0 Å². The first-order chi connectivity index (χ1) is 5.11. The second-order valence-corrected chi connectivity index (χ2v) is 2.31. The molecule has 0 heterocycles. The molecule has 4 nitrogen and oxygen atoms in total. The molecule has 0 radical (unpaired) electrons. The average Bonchev–Trinajstić information content (AvgIpc) is 1.85. The van der Waals surface area contributed by atoms with Crippen molar-refractivity contribution in [1.29, 1.82) is 0 Å². The number of nitro benzene ring substituents is 1. The summed E-state index contributed by atoms with van der Waals surface area (Å²) in [6, 6.07) is 3.41. The summed E-state index contributed by atoms with van der Waals surface area (Å²) in [5.74, 6) is -0.664. The van der Waals surface area contributed by atoms with Crippen molar-refractivity contribution in [3.8, 4) is 5.75 Å². The summed E-state index contributed by atoms with van der Waals surface area (Å²) in [5.41, 5.74) is -0.450. The summed E-state index contributed by atoms with van der Waals surface area (Å²) in [7, 11) is 0. The Hall–Kier alpha value is -1.29. The molecule has 0 N–H and O–H groups in total. The molecule has 1 aromatic carbocycles. The van der Waals surface area contributed by atoms with E-state index in [0.717, 1.165) is 12.1 Å². The van der Waals surface area contributed by atoms with Crippen molar-refractivity contribution in [2.75, 3.05) is 0 Å². The molecule has 1 aromatic rings. The van der Waals surface area contributed by atoms with E-state index in [0.29, 0.717) is 0 Å². The number of nitro groups is 1. The third-order valence-electron chi connectivity index (χ3n) is 1.12. The number of hydrogen-bond acceptors (Lipinski definition) is 3. The maximum atomic E-state index is 10.8. The third-order valence-corrected chi connectivity index (χ3v) is 1.35. The van der Waals surface area contributed by atoms with Crippen LogP contribution in [-0.2, 0) is 0 Å². The molecule has 0 unspecified atom stereocenters. The Morgan fingerprint density at radius 3 is 2.55 bits per heavy atom. The largest absolute Gasteiger partial charge is 0.868 e. The van der Waals surface area contributed by atoms with Crippen LogP contribution in [0.25, 0.3) is 0 Å². The fourth-order valence-electron chi connectivity index (χ4n) is 0.639. The number of nitrogens with zero attached hydrogens (tertiary/aromatic N) is 1.